The van der Waals surface area contributed by atoms with Gasteiger partial charge in [0.05, 0.1) is 20.1 Å². The van der Waals surface area contributed by atoms with Crippen LogP contribution >= 0.6 is 0 Å². The second kappa shape index (κ2) is 1.61. The normalized spacial score (nSPS) is 25.5. The molecule has 1 heteroatoms. The van der Waals surface area contributed by atoms with Gasteiger partial charge in [-0.05, 0) is 0 Å². The van der Waals surface area contributed by atoms with Crippen LogP contribution in [-0.2, 0) is 0 Å². The fraction of sp³-hybridized carbons (Fsp3) is 1.00. The van der Waals surface area contributed by atoms with Gasteiger partial charge in [-0.3, -0.25) is 0 Å². The molecule has 0 aromatic heterocycles. The summed E-state index contributed by atoms with van der Waals surface area (Å²) in [6.07, 6.45) is 2.90. The van der Waals surface area contributed by atoms with E-state index in [1.54, 1.807) is 4.90 Å². The average molecular weight is 86.2 g/mol. The van der Waals surface area contributed by atoms with Crippen molar-refractivity contribution in [3.05, 3.63) is 0 Å². The van der Waals surface area contributed by atoms with Crippen molar-refractivity contribution in [3.63, 3.8) is 0 Å². The first-order valence-electron chi connectivity index (χ1n) is 2.71. The molecular weight excluding hydrogens is 74.1 g/mol. The quantitative estimate of drug-likeness (QED) is 0.397. The maximum Gasteiger partial charge on any atom is 0.0771 e. The first kappa shape index (κ1) is 4.13. The Kier molecular flexibility index (Phi) is 1.10. The van der Waals surface area contributed by atoms with Crippen LogP contribution in [0.1, 0.15) is 12.8 Å². The van der Waals surface area contributed by atoms with E-state index in [0.29, 0.717) is 0 Å². The van der Waals surface area contributed by atoms with E-state index in [4.69, 9.17) is 0 Å². The van der Waals surface area contributed by atoms with Crippen molar-refractivity contribution < 1.29 is 4.90 Å². The van der Waals surface area contributed by atoms with Gasteiger partial charge in [0.25, 0.3) is 0 Å². The lowest BCUT2D eigenvalue weighted by Crippen LogP contribution is -3.06. The average Bonchev–Trinajstić information content (AvgIpc) is 1.86. The molecule has 6 heavy (non-hydrogen) atoms. The van der Waals surface area contributed by atoms with Gasteiger partial charge in [0, 0.05) is 12.8 Å². The maximum atomic E-state index is 2.26. The second-order valence-corrected chi connectivity index (χ2v) is 2.16. The Hall–Kier alpha value is -0.0400. The number of hydrogen-bond donors (Lipinski definition) is 1. The van der Waals surface area contributed by atoms with E-state index in [2.05, 4.69) is 7.05 Å². The van der Waals surface area contributed by atoms with Crippen LogP contribution in [-0.4, -0.2) is 20.1 Å². The van der Waals surface area contributed by atoms with Crippen molar-refractivity contribution in [2.24, 2.45) is 0 Å². The molecule has 1 fully saturated rings. The topological polar surface area (TPSA) is 4.44 Å². The highest BCUT2D eigenvalue weighted by Gasteiger charge is 2.07. The lowest BCUT2D eigenvalue weighted by molar-refractivity contribution is -0.866. The van der Waals surface area contributed by atoms with Crippen LogP contribution in [0.3, 0.4) is 0 Å². The molecular formula is C5H12N+. The second-order valence-electron chi connectivity index (χ2n) is 2.16. The van der Waals surface area contributed by atoms with Crippen LogP contribution < -0.4 is 4.90 Å². The minimum atomic E-state index is 1.40. The van der Waals surface area contributed by atoms with Gasteiger partial charge in [-0.2, -0.15) is 0 Å². The number of quaternary nitrogens is 1. The van der Waals surface area contributed by atoms with Crippen molar-refractivity contribution in [3.8, 4) is 0 Å². The number of hydrogen-bond acceptors (Lipinski definition) is 0. The molecule has 0 radical (unpaired) electrons. The lowest BCUT2D eigenvalue weighted by atomic mass is 10.4. The van der Waals surface area contributed by atoms with Crippen molar-refractivity contribution in [1.29, 1.82) is 0 Å². The Bertz CT molecular complexity index is 37.2. The van der Waals surface area contributed by atoms with Gasteiger partial charge in [-0.1, -0.05) is 0 Å². The Labute approximate surface area is 39.0 Å². The highest BCUT2D eigenvalue weighted by Crippen LogP contribution is 1.84. The minimum absolute atomic E-state index is 1.40. The molecule has 0 aromatic carbocycles. The summed E-state index contributed by atoms with van der Waals surface area (Å²) in [5.74, 6) is 0. The summed E-state index contributed by atoms with van der Waals surface area (Å²) < 4.78 is 0. The molecule has 0 aromatic rings. The summed E-state index contributed by atoms with van der Waals surface area (Å²) in [5, 5.41) is 0. The molecule has 0 spiro atoms. The fourth-order valence-corrected chi connectivity index (χ4v) is 0.979. The van der Waals surface area contributed by atoms with Gasteiger partial charge in [0.15, 0.2) is 0 Å². The van der Waals surface area contributed by atoms with Crippen molar-refractivity contribution in [2.45, 2.75) is 12.8 Å². The monoisotopic (exact) mass is 86.1 g/mol. The number of nitrogens with one attached hydrogen (secondary N) is 1. The molecule has 0 bridgehead atoms. The zero-order valence-electron chi connectivity index (χ0n) is 4.33. The van der Waals surface area contributed by atoms with Gasteiger partial charge in [-0.15, -0.1) is 0 Å². The van der Waals surface area contributed by atoms with E-state index < -0.39 is 0 Å². The van der Waals surface area contributed by atoms with Crippen LogP contribution in [0.25, 0.3) is 0 Å². The van der Waals surface area contributed by atoms with Crippen molar-refractivity contribution in [1.82, 2.24) is 0 Å². The van der Waals surface area contributed by atoms with E-state index in [0.717, 1.165) is 0 Å². The van der Waals surface area contributed by atoms with Gasteiger partial charge >= 0.3 is 0 Å². The molecule has 1 heterocycles. The minimum Gasteiger partial charge on any atom is -0.337 e. The summed E-state index contributed by atoms with van der Waals surface area (Å²) in [6.45, 7) is 2.81. The standard InChI is InChI=1S/C5H11N/c1-6-4-2-3-5-6/h2-5H2,1H3/p+1. The van der Waals surface area contributed by atoms with Crippen LogP contribution in [0.15, 0.2) is 0 Å². The summed E-state index contributed by atoms with van der Waals surface area (Å²) in [7, 11) is 2.26. The summed E-state index contributed by atoms with van der Waals surface area (Å²) in [6, 6.07) is 0. The molecule has 0 saturated carbocycles. The zero-order valence-corrected chi connectivity index (χ0v) is 4.33. The molecule has 1 aliphatic rings. The number of rotatable bonds is 0. The predicted octanol–water partition coefficient (Wildman–Crippen LogP) is -0.705. The lowest BCUT2D eigenvalue weighted by Gasteiger charge is -1.98. The third-order valence-electron chi connectivity index (χ3n) is 1.46. The molecule has 1 nitrogen and oxygen atoms in total. The van der Waals surface area contributed by atoms with Gasteiger partial charge in [-0.25, -0.2) is 0 Å². The van der Waals surface area contributed by atoms with E-state index >= 15 is 0 Å². The SMILES string of the molecule is C[NH+]1CCCC1. The molecule has 1 N–H and O–H groups in total. The molecule has 0 unspecified atom stereocenters. The Morgan fingerprint density at radius 2 is 1.67 bits per heavy atom. The molecule has 36 valence electrons. The van der Waals surface area contributed by atoms with Gasteiger partial charge < -0.3 is 4.90 Å². The summed E-state index contributed by atoms with van der Waals surface area (Å²) in [4.78, 5) is 1.70. The Balaban J connectivity index is 2.18. The van der Waals surface area contributed by atoms with E-state index in [1.165, 1.54) is 25.9 Å². The van der Waals surface area contributed by atoms with Crippen molar-refractivity contribution >= 4 is 0 Å². The fourth-order valence-electron chi connectivity index (χ4n) is 0.979. The molecule has 1 rings (SSSR count). The molecule has 0 amide bonds. The molecule has 0 aliphatic carbocycles. The Morgan fingerprint density at radius 3 is 1.83 bits per heavy atom. The highest BCUT2D eigenvalue weighted by atomic mass is 15.1. The smallest absolute Gasteiger partial charge is 0.0771 e. The van der Waals surface area contributed by atoms with E-state index in [1.807, 2.05) is 0 Å². The first-order chi connectivity index (χ1) is 2.89. The van der Waals surface area contributed by atoms with Gasteiger partial charge in [0.2, 0.25) is 0 Å². The van der Waals surface area contributed by atoms with E-state index in [9.17, 15) is 0 Å². The van der Waals surface area contributed by atoms with Crippen molar-refractivity contribution in [2.75, 3.05) is 20.1 Å². The molecule has 0 atom stereocenters. The zero-order chi connectivity index (χ0) is 4.41. The van der Waals surface area contributed by atoms with Crippen LogP contribution in [0.4, 0.5) is 0 Å². The third-order valence-corrected chi connectivity index (χ3v) is 1.46. The first-order valence-corrected chi connectivity index (χ1v) is 2.71. The van der Waals surface area contributed by atoms with E-state index in [-0.39, 0.29) is 0 Å². The maximum absolute atomic E-state index is 2.26. The largest absolute Gasteiger partial charge is 0.337 e. The van der Waals surface area contributed by atoms with Crippen LogP contribution in [0, 0.1) is 0 Å². The molecule has 1 aliphatic heterocycles. The van der Waals surface area contributed by atoms with Crippen LogP contribution in [0.2, 0.25) is 0 Å². The predicted molar refractivity (Wildman–Crippen MR) is 25.9 cm³/mol. The number of likely N-dealkylation sites (tertiary alicyclic amines) is 1. The summed E-state index contributed by atoms with van der Waals surface area (Å²) >= 11 is 0. The van der Waals surface area contributed by atoms with Gasteiger partial charge in [0.1, 0.15) is 0 Å². The van der Waals surface area contributed by atoms with Crippen LogP contribution in [0.5, 0.6) is 0 Å². The highest BCUT2D eigenvalue weighted by molar-refractivity contribution is 4.40. The molecule has 1 saturated heterocycles. The third kappa shape index (κ3) is 0.716. The Morgan fingerprint density at radius 1 is 1.17 bits per heavy atom. The summed E-state index contributed by atoms with van der Waals surface area (Å²) in [5.41, 5.74) is 0.